The monoisotopic (exact) mass is 413 g/mol. The van der Waals surface area contributed by atoms with E-state index in [1.54, 1.807) is 12.3 Å². The second-order valence-electron chi connectivity index (χ2n) is 8.00. The van der Waals surface area contributed by atoms with Crippen molar-refractivity contribution in [1.82, 2.24) is 15.2 Å². The molecule has 2 aromatic carbocycles. The maximum atomic E-state index is 13.0. The first-order valence-electron chi connectivity index (χ1n) is 10.8. The average Bonchev–Trinajstić information content (AvgIpc) is 2.85. The van der Waals surface area contributed by atoms with Gasteiger partial charge in [0.15, 0.2) is 0 Å². The van der Waals surface area contributed by atoms with Crippen LogP contribution in [0.4, 0.5) is 0 Å². The number of rotatable bonds is 5. The molecule has 1 saturated heterocycles. The Kier molecular flexibility index (Phi) is 6.41. The number of hydrogen-bond donors (Lipinski definition) is 1. The van der Waals surface area contributed by atoms with Gasteiger partial charge in [-0.15, -0.1) is 0 Å². The molecule has 1 aliphatic rings. The summed E-state index contributed by atoms with van der Waals surface area (Å²) in [5.41, 5.74) is 3.50. The Morgan fingerprint density at radius 3 is 2.29 bits per heavy atom. The Balaban J connectivity index is 1.34. The topological polar surface area (TPSA) is 62.3 Å². The quantitative estimate of drug-likeness (QED) is 0.671. The maximum absolute atomic E-state index is 13.0. The smallest absolute Gasteiger partial charge is 0.253 e. The van der Waals surface area contributed by atoms with E-state index in [1.807, 2.05) is 78.6 Å². The van der Waals surface area contributed by atoms with Gasteiger partial charge in [-0.2, -0.15) is 0 Å². The van der Waals surface area contributed by atoms with Crippen LogP contribution < -0.4 is 5.32 Å². The molecule has 0 radical (unpaired) electrons. The van der Waals surface area contributed by atoms with E-state index in [-0.39, 0.29) is 23.8 Å². The van der Waals surface area contributed by atoms with Gasteiger partial charge in [0.1, 0.15) is 0 Å². The van der Waals surface area contributed by atoms with Crippen LogP contribution >= 0.6 is 0 Å². The number of amides is 2. The van der Waals surface area contributed by atoms with Crippen LogP contribution in [-0.2, 0) is 4.79 Å². The molecule has 1 fully saturated rings. The van der Waals surface area contributed by atoms with Gasteiger partial charge in [0.2, 0.25) is 5.91 Å². The zero-order valence-electron chi connectivity index (χ0n) is 17.7. The molecule has 0 bridgehead atoms. The van der Waals surface area contributed by atoms with Gasteiger partial charge in [0.25, 0.3) is 5.91 Å². The summed E-state index contributed by atoms with van der Waals surface area (Å²) in [6.07, 6.45) is 3.03. The molecule has 1 aromatic heterocycles. The van der Waals surface area contributed by atoms with Gasteiger partial charge < -0.3 is 10.2 Å². The number of likely N-dealkylation sites (tertiary alicyclic amines) is 1. The highest BCUT2D eigenvalue weighted by Gasteiger charge is 2.28. The van der Waals surface area contributed by atoms with Crippen LogP contribution in [0.2, 0.25) is 0 Å². The van der Waals surface area contributed by atoms with Gasteiger partial charge in [0.05, 0.1) is 11.7 Å². The third-order valence-electron chi connectivity index (χ3n) is 5.89. The molecule has 31 heavy (non-hydrogen) atoms. The number of nitrogens with one attached hydrogen (secondary N) is 1. The molecule has 1 atom stereocenters. The van der Waals surface area contributed by atoms with Crippen LogP contribution in [0.25, 0.3) is 11.3 Å². The second-order valence-corrected chi connectivity index (χ2v) is 8.00. The van der Waals surface area contributed by atoms with E-state index in [2.05, 4.69) is 10.3 Å². The molecule has 2 heterocycles. The standard InChI is InChI=1S/C26H27N3O2/c1-19(20-8-4-2-5-9-20)28-25(30)22-13-16-29(17-14-22)26(31)23-12-15-27-24(18-23)21-10-6-3-7-11-21/h2-12,15,18-19,22H,13-14,16-17H2,1H3,(H,28,30). The molecule has 5 nitrogen and oxygen atoms in total. The van der Waals surface area contributed by atoms with Crippen molar-refractivity contribution in [3.05, 3.63) is 90.1 Å². The van der Waals surface area contributed by atoms with Crippen LogP contribution in [-0.4, -0.2) is 34.8 Å². The minimum atomic E-state index is -0.0625. The molecule has 1 unspecified atom stereocenters. The number of nitrogens with zero attached hydrogens (tertiary/aromatic N) is 2. The van der Waals surface area contributed by atoms with Crippen LogP contribution in [0.3, 0.4) is 0 Å². The molecule has 4 rings (SSSR count). The van der Waals surface area contributed by atoms with Crippen LogP contribution in [0.5, 0.6) is 0 Å². The summed E-state index contributed by atoms with van der Waals surface area (Å²) in [4.78, 5) is 32.0. The van der Waals surface area contributed by atoms with E-state index in [0.717, 1.165) is 16.8 Å². The Labute approximate surface area is 183 Å². The summed E-state index contributed by atoms with van der Waals surface area (Å²) in [5.74, 6) is 0.00218. The Hall–Kier alpha value is -3.47. The minimum absolute atomic E-state index is 0.00362. The van der Waals surface area contributed by atoms with Crippen LogP contribution in [0, 0.1) is 5.92 Å². The fourth-order valence-electron chi connectivity index (χ4n) is 4.01. The predicted molar refractivity (Wildman–Crippen MR) is 121 cm³/mol. The molecular formula is C26H27N3O2. The van der Waals surface area contributed by atoms with Crippen molar-refractivity contribution in [2.24, 2.45) is 5.92 Å². The summed E-state index contributed by atoms with van der Waals surface area (Å²) in [7, 11) is 0. The third kappa shape index (κ3) is 5.00. The Morgan fingerprint density at radius 1 is 0.968 bits per heavy atom. The molecule has 0 aliphatic carbocycles. The minimum Gasteiger partial charge on any atom is -0.349 e. The van der Waals surface area contributed by atoms with Gasteiger partial charge in [-0.05, 0) is 37.5 Å². The van der Waals surface area contributed by atoms with Crippen molar-refractivity contribution in [3.63, 3.8) is 0 Å². The first kappa shape index (κ1) is 20.8. The van der Waals surface area contributed by atoms with Crippen LogP contribution in [0.15, 0.2) is 79.0 Å². The van der Waals surface area contributed by atoms with Gasteiger partial charge in [0, 0.05) is 36.3 Å². The summed E-state index contributed by atoms with van der Waals surface area (Å²) >= 11 is 0. The van der Waals surface area contributed by atoms with Crippen molar-refractivity contribution < 1.29 is 9.59 Å². The number of carbonyl (C=O) groups excluding carboxylic acids is 2. The molecule has 3 aromatic rings. The zero-order chi connectivity index (χ0) is 21.6. The molecule has 0 spiro atoms. The highest BCUT2D eigenvalue weighted by atomic mass is 16.2. The van der Waals surface area contributed by atoms with Crippen LogP contribution in [0.1, 0.15) is 41.7 Å². The lowest BCUT2D eigenvalue weighted by molar-refractivity contribution is -0.126. The molecule has 1 N–H and O–H groups in total. The van der Waals surface area contributed by atoms with Crippen molar-refractivity contribution in [2.75, 3.05) is 13.1 Å². The highest BCUT2D eigenvalue weighted by molar-refractivity contribution is 5.95. The number of benzene rings is 2. The molecule has 2 amide bonds. The van der Waals surface area contributed by atoms with Crippen molar-refractivity contribution in [1.29, 1.82) is 0 Å². The third-order valence-corrected chi connectivity index (χ3v) is 5.89. The highest BCUT2D eigenvalue weighted by Crippen LogP contribution is 2.23. The summed E-state index contributed by atoms with van der Waals surface area (Å²) < 4.78 is 0. The zero-order valence-corrected chi connectivity index (χ0v) is 17.7. The molecule has 0 saturated carbocycles. The van der Waals surface area contributed by atoms with Gasteiger partial charge >= 0.3 is 0 Å². The lowest BCUT2D eigenvalue weighted by atomic mass is 9.94. The second kappa shape index (κ2) is 9.56. The fourth-order valence-corrected chi connectivity index (χ4v) is 4.01. The first-order valence-corrected chi connectivity index (χ1v) is 10.8. The number of carbonyl (C=O) groups is 2. The Morgan fingerprint density at radius 2 is 1.61 bits per heavy atom. The van der Waals surface area contributed by atoms with Gasteiger partial charge in [-0.1, -0.05) is 60.7 Å². The summed E-state index contributed by atoms with van der Waals surface area (Å²) in [6, 6.07) is 23.4. The lowest BCUT2D eigenvalue weighted by Crippen LogP contribution is -2.43. The van der Waals surface area contributed by atoms with Crippen molar-refractivity contribution in [3.8, 4) is 11.3 Å². The number of piperidine rings is 1. The van der Waals surface area contributed by atoms with Crippen molar-refractivity contribution in [2.45, 2.75) is 25.8 Å². The van der Waals surface area contributed by atoms with E-state index >= 15 is 0 Å². The average molecular weight is 414 g/mol. The van der Waals surface area contributed by atoms with Crippen molar-refractivity contribution >= 4 is 11.8 Å². The van der Waals surface area contributed by atoms with E-state index in [4.69, 9.17) is 0 Å². The molecular weight excluding hydrogens is 386 g/mol. The fraction of sp³-hybridized carbons (Fsp3) is 0.269. The van der Waals surface area contributed by atoms with E-state index in [9.17, 15) is 9.59 Å². The van der Waals surface area contributed by atoms with Gasteiger partial charge in [-0.25, -0.2) is 0 Å². The molecule has 158 valence electrons. The van der Waals surface area contributed by atoms with E-state index in [1.165, 1.54) is 0 Å². The maximum Gasteiger partial charge on any atom is 0.253 e. The normalized spacial score (nSPS) is 15.3. The summed E-state index contributed by atoms with van der Waals surface area (Å²) in [5, 5.41) is 3.12. The largest absolute Gasteiger partial charge is 0.349 e. The first-order chi connectivity index (χ1) is 15.1. The Bertz CT molecular complexity index is 1030. The summed E-state index contributed by atoms with van der Waals surface area (Å²) in [6.45, 7) is 3.17. The van der Waals surface area contributed by atoms with E-state index in [0.29, 0.717) is 31.5 Å². The molecule has 1 aliphatic heterocycles. The van der Waals surface area contributed by atoms with Gasteiger partial charge in [-0.3, -0.25) is 14.6 Å². The SMILES string of the molecule is CC(NC(=O)C1CCN(C(=O)c2ccnc(-c3ccccc3)c2)CC1)c1ccccc1. The number of aromatic nitrogens is 1. The lowest BCUT2D eigenvalue weighted by Gasteiger charge is -2.32. The number of pyridine rings is 1. The molecule has 5 heteroatoms. The predicted octanol–water partition coefficient (Wildman–Crippen LogP) is 4.48. The van der Waals surface area contributed by atoms with E-state index < -0.39 is 0 Å². The number of hydrogen-bond acceptors (Lipinski definition) is 3.